The van der Waals surface area contributed by atoms with Crippen molar-refractivity contribution in [2.24, 2.45) is 0 Å². The Morgan fingerprint density at radius 3 is 3.07 bits per heavy atom. The molecule has 7 heteroatoms. The Bertz CT molecular complexity index is 994. The monoisotopic (exact) mass is 369 g/mol. The minimum atomic E-state index is -0.167. The van der Waals surface area contributed by atoms with E-state index in [0.29, 0.717) is 31.2 Å². The molecule has 0 amide bonds. The first-order chi connectivity index (χ1) is 13.2. The van der Waals surface area contributed by atoms with Crippen molar-refractivity contribution in [3.8, 4) is 17.1 Å². The lowest BCUT2D eigenvalue weighted by atomic mass is 10.0. The van der Waals surface area contributed by atoms with Crippen molar-refractivity contribution >= 4 is 10.9 Å². The molecule has 2 atom stereocenters. The maximum Gasteiger partial charge on any atom is 0.259 e. The SMILES string of the molecule is CCOc1ccc2[nH]c(=O)c(-c3nccn3[C@H]3CCOC[C@@H]3OC)cc2c1. The maximum atomic E-state index is 12.7. The van der Waals surface area contributed by atoms with E-state index < -0.39 is 0 Å². The van der Waals surface area contributed by atoms with Crippen LogP contribution < -0.4 is 10.3 Å². The summed E-state index contributed by atoms with van der Waals surface area (Å²) in [6.45, 7) is 3.73. The summed E-state index contributed by atoms with van der Waals surface area (Å²) in [7, 11) is 1.68. The average molecular weight is 369 g/mol. The van der Waals surface area contributed by atoms with Crippen molar-refractivity contribution < 1.29 is 14.2 Å². The zero-order valence-corrected chi connectivity index (χ0v) is 15.5. The lowest BCUT2D eigenvalue weighted by Gasteiger charge is -2.32. The van der Waals surface area contributed by atoms with Gasteiger partial charge in [0, 0.05) is 37.0 Å². The fourth-order valence-corrected chi connectivity index (χ4v) is 3.64. The van der Waals surface area contributed by atoms with Gasteiger partial charge in [0.05, 0.1) is 24.8 Å². The van der Waals surface area contributed by atoms with E-state index in [4.69, 9.17) is 14.2 Å². The summed E-state index contributed by atoms with van der Waals surface area (Å²) in [5, 5.41) is 0.903. The molecule has 1 aliphatic heterocycles. The Labute approximate surface area is 156 Å². The number of aromatic amines is 1. The lowest BCUT2D eigenvalue weighted by molar-refractivity contribution is -0.0597. The van der Waals surface area contributed by atoms with E-state index in [9.17, 15) is 4.79 Å². The van der Waals surface area contributed by atoms with Gasteiger partial charge in [-0.25, -0.2) is 4.98 Å². The van der Waals surface area contributed by atoms with Crippen LogP contribution in [0.15, 0.2) is 41.5 Å². The molecule has 1 aromatic carbocycles. The van der Waals surface area contributed by atoms with Gasteiger partial charge >= 0.3 is 0 Å². The molecule has 7 nitrogen and oxygen atoms in total. The predicted octanol–water partition coefficient (Wildman–Crippen LogP) is 2.77. The summed E-state index contributed by atoms with van der Waals surface area (Å²) < 4.78 is 18.7. The third-order valence-electron chi connectivity index (χ3n) is 4.97. The van der Waals surface area contributed by atoms with E-state index in [2.05, 4.69) is 9.97 Å². The van der Waals surface area contributed by atoms with Crippen molar-refractivity contribution in [2.75, 3.05) is 26.9 Å². The van der Waals surface area contributed by atoms with Crippen molar-refractivity contribution in [3.05, 3.63) is 47.0 Å². The largest absolute Gasteiger partial charge is 0.494 e. The highest BCUT2D eigenvalue weighted by molar-refractivity contribution is 5.83. The molecule has 0 bridgehead atoms. The van der Waals surface area contributed by atoms with E-state index in [0.717, 1.165) is 23.1 Å². The number of rotatable bonds is 5. The number of nitrogens with one attached hydrogen (secondary N) is 1. The molecule has 0 saturated carbocycles. The molecular formula is C20H23N3O4. The molecule has 0 spiro atoms. The standard InChI is InChI=1S/C20H23N3O4/c1-3-27-14-4-5-16-13(10-14)11-15(20(24)22-16)19-21-7-8-23(19)17-6-9-26-12-18(17)25-2/h4-5,7-8,10-11,17-18H,3,6,9,12H2,1-2H3,(H,22,24)/t17-,18-/m0/s1. The maximum absolute atomic E-state index is 12.7. The first-order valence-corrected chi connectivity index (χ1v) is 9.15. The highest BCUT2D eigenvalue weighted by atomic mass is 16.5. The van der Waals surface area contributed by atoms with Gasteiger partial charge in [-0.3, -0.25) is 4.79 Å². The third-order valence-corrected chi connectivity index (χ3v) is 4.97. The van der Waals surface area contributed by atoms with Crippen molar-refractivity contribution in [2.45, 2.75) is 25.5 Å². The zero-order chi connectivity index (χ0) is 18.8. The van der Waals surface area contributed by atoms with Crippen LogP contribution in [0.2, 0.25) is 0 Å². The summed E-state index contributed by atoms with van der Waals surface area (Å²) in [5.41, 5.74) is 1.13. The van der Waals surface area contributed by atoms with Gasteiger partial charge in [-0.2, -0.15) is 0 Å². The third kappa shape index (κ3) is 3.36. The molecule has 0 aliphatic carbocycles. The molecule has 1 saturated heterocycles. The number of nitrogens with zero attached hydrogens (tertiary/aromatic N) is 2. The number of fused-ring (bicyclic) bond motifs is 1. The van der Waals surface area contributed by atoms with Gasteiger partial charge in [-0.1, -0.05) is 0 Å². The van der Waals surface area contributed by atoms with Gasteiger partial charge in [0.25, 0.3) is 5.56 Å². The van der Waals surface area contributed by atoms with Gasteiger partial charge in [0.15, 0.2) is 0 Å². The van der Waals surface area contributed by atoms with Crippen LogP contribution in [0.4, 0.5) is 0 Å². The van der Waals surface area contributed by atoms with E-state index in [-0.39, 0.29) is 17.7 Å². The van der Waals surface area contributed by atoms with E-state index in [1.54, 1.807) is 13.3 Å². The van der Waals surface area contributed by atoms with Gasteiger partial charge in [-0.05, 0) is 37.6 Å². The summed E-state index contributed by atoms with van der Waals surface area (Å²) in [6, 6.07) is 7.59. The number of methoxy groups -OCH3 is 1. The highest BCUT2D eigenvalue weighted by Crippen LogP contribution is 2.29. The van der Waals surface area contributed by atoms with Gasteiger partial charge in [-0.15, -0.1) is 0 Å². The number of benzene rings is 1. The number of H-pyrrole nitrogens is 1. The van der Waals surface area contributed by atoms with Crippen LogP contribution in [0.5, 0.6) is 5.75 Å². The van der Waals surface area contributed by atoms with Crippen LogP contribution in [0.1, 0.15) is 19.4 Å². The van der Waals surface area contributed by atoms with Crippen molar-refractivity contribution in [1.82, 2.24) is 14.5 Å². The van der Waals surface area contributed by atoms with Crippen LogP contribution in [0, 0.1) is 0 Å². The minimum Gasteiger partial charge on any atom is -0.494 e. The average Bonchev–Trinajstić information content (AvgIpc) is 3.17. The lowest BCUT2D eigenvalue weighted by Crippen LogP contribution is -2.36. The second-order valence-corrected chi connectivity index (χ2v) is 6.56. The van der Waals surface area contributed by atoms with E-state index >= 15 is 0 Å². The number of hydrogen-bond donors (Lipinski definition) is 1. The van der Waals surface area contributed by atoms with Gasteiger partial charge < -0.3 is 23.8 Å². The van der Waals surface area contributed by atoms with Crippen LogP contribution in [-0.2, 0) is 9.47 Å². The molecule has 1 fully saturated rings. The molecule has 2 aromatic heterocycles. The number of aromatic nitrogens is 3. The summed E-state index contributed by atoms with van der Waals surface area (Å²) in [4.78, 5) is 20.2. The molecule has 3 aromatic rings. The molecule has 1 aliphatic rings. The smallest absolute Gasteiger partial charge is 0.259 e. The highest BCUT2D eigenvalue weighted by Gasteiger charge is 2.29. The predicted molar refractivity (Wildman–Crippen MR) is 102 cm³/mol. The quantitative estimate of drug-likeness (QED) is 0.748. The Hall–Kier alpha value is -2.64. The topological polar surface area (TPSA) is 78.4 Å². The number of imidazole rings is 1. The Morgan fingerprint density at radius 2 is 2.26 bits per heavy atom. The van der Waals surface area contributed by atoms with Crippen molar-refractivity contribution in [1.29, 1.82) is 0 Å². The molecule has 142 valence electrons. The molecular weight excluding hydrogens is 346 g/mol. The second kappa shape index (κ2) is 7.54. The van der Waals surface area contributed by atoms with Crippen LogP contribution in [-0.4, -0.2) is 47.6 Å². The van der Waals surface area contributed by atoms with Crippen LogP contribution in [0.3, 0.4) is 0 Å². The molecule has 27 heavy (non-hydrogen) atoms. The van der Waals surface area contributed by atoms with Crippen LogP contribution >= 0.6 is 0 Å². The van der Waals surface area contributed by atoms with E-state index in [1.807, 2.05) is 42.0 Å². The van der Waals surface area contributed by atoms with Gasteiger partial charge in [0.1, 0.15) is 17.7 Å². The number of pyridine rings is 1. The Balaban J connectivity index is 1.79. The summed E-state index contributed by atoms with van der Waals surface area (Å²) in [6.07, 6.45) is 4.35. The molecule has 0 unspecified atom stereocenters. The van der Waals surface area contributed by atoms with Crippen LogP contribution in [0.25, 0.3) is 22.3 Å². The molecule has 0 radical (unpaired) electrons. The minimum absolute atomic E-state index is 0.0733. The first-order valence-electron chi connectivity index (χ1n) is 9.15. The molecule has 3 heterocycles. The second-order valence-electron chi connectivity index (χ2n) is 6.56. The first kappa shape index (κ1) is 17.8. The Kier molecular flexibility index (Phi) is 4.96. The zero-order valence-electron chi connectivity index (χ0n) is 15.5. The Morgan fingerprint density at radius 1 is 1.37 bits per heavy atom. The fraction of sp³-hybridized carbons (Fsp3) is 0.400. The molecule has 1 N–H and O–H groups in total. The molecule has 4 rings (SSSR count). The summed E-state index contributed by atoms with van der Waals surface area (Å²) in [5.74, 6) is 1.41. The fourth-order valence-electron chi connectivity index (χ4n) is 3.64. The normalized spacial score (nSPS) is 20.1. The number of hydrogen-bond acceptors (Lipinski definition) is 5. The summed E-state index contributed by atoms with van der Waals surface area (Å²) >= 11 is 0. The van der Waals surface area contributed by atoms with Crippen molar-refractivity contribution in [3.63, 3.8) is 0 Å². The van der Waals surface area contributed by atoms with Gasteiger partial charge in [0.2, 0.25) is 0 Å². The number of ether oxygens (including phenoxy) is 3. The van der Waals surface area contributed by atoms with E-state index in [1.165, 1.54) is 0 Å².